The predicted octanol–water partition coefficient (Wildman–Crippen LogP) is 1.19. The van der Waals surface area contributed by atoms with Gasteiger partial charge in [0.15, 0.2) is 5.75 Å². The second-order valence-corrected chi connectivity index (χ2v) is 4.73. The molecule has 1 aromatic rings. The molecule has 2 saturated heterocycles. The van der Waals surface area contributed by atoms with Crippen LogP contribution in [-0.2, 0) is 10.3 Å². The van der Waals surface area contributed by atoms with Gasteiger partial charge in [-0.15, -0.1) is 0 Å². The fourth-order valence-corrected chi connectivity index (χ4v) is 2.76. The molecule has 1 N–H and O–H groups in total. The number of fused-ring (bicyclic) bond motifs is 2. The molecule has 2 unspecified atom stereocenters. The van der Waals surface area contributed by atoms with E-state index >= 15 is 0 Å². The average molecular weight is 250 g/mol. The minimum absolute atomic E-state index is 0.0108. The summed E-state index contributed by atoms with van der Waals surface area (Å²) in [5.74, 6) is 0.278. The van der Waals surface area contributed by atoms with Crippen LogP contribution in [0.4, 0.5) is 5.69 Å². The van der Waals surface area contributed by atoms with Gasteiger partial charge in [-0.05, 0) is 18.1 Å². The lowest BCUT2D eigenvalue weighted by atomic mass is 9.92. The van der Waals surface area contributed by atoms with E-state index in [4.69, 9.17) is 9.47 Å². The SMILES string of the molecule is COc1ccc(C23CNC(CO2)C3)cc1[N+](=O)[O-]. The molecule has 0 aliphatic carbocycles. The van der Waals surface area contributed by atoms with Crippen LogP contribution in [-0.4, -0.2) is 31.2 Å². The summed E-state index contributed by atoms with van der Waals surface area (Å²) in [5, 5.41) is 14.4. The van der Waals surface area contributed by atoms with Crippen molar-refractivity contribution in [1.29, 1.82) is 0 Å². The lowest BCUT2D eigenvalue weighted by Gasteiger charge is -2.27. The first-order valence-electron chi connectivity index (χ1n) is 5.85. The second-order valence-electron chi connectivity index (χ2n) is 4.73. The van der Waals surface area contributed by atoms with Gasteiger partial charge in [0.25, 0.3) is 0 Å². The van der Waals surface area contributed by atoms with E-state index in [0.717, 1.165) is 12.0 Å². The molecule has 0 saturated carbocycles. The van der Waals surface area contributed by atoms with Crippen molar-refractivity contribution in [2.24, 2.45) is 0 Å². The van der Waals surface area contributed by atoms with Crippen molar-refractivity contribution in [3.63, 3.8) is 0 Å². The number of benzene rings is 1. The number of morpholine rings is 1. The minimum atomic E-state index is -0.423. The third-order valence-corrected chi connectivity index (χ3v) is 3.71. The van der Waals surface area contributed by atoms with Gasteiger partial charge in [-0.3, -0.25) is 10.1 Å². The fourth-order valence-electron chi connectivity index (χ4n) is 2.76. The van der Waals surface area contributed by atoms with Gasteiger partial charge in [0, 0.05) is 18.7 Å². The summed E-state index contributed by atoms with van der Waals surface area (Å²) in [6.07, 6.45) is 0.872. The lowest BCUT2D eigenvalue weighted by molar-refractivity contribution is -0.385. The standard InChI is InChI=1S/C12H14N2O4/c1-17-11-3-2-8(4-10(11)14(15)16)12-5-9(6-18-12)13-7-12/h2-4,9,13H,5-7H2,1H3. The Hall–Kier alpha value is -1.66. The molecule has 1 aromatic carbocycles. The highest BCUT2D eigenvalue weighted by molar-refractivity contribution is 5.50. The van der Waals surface area contributed by atoms with Crippen molar-refractivity contribution in [3.05, 3.63) is 33.9 Å². The number of nitro groups is 1. The first kappa shape index (κ1) is 11.4. The van der Waals surface area contributed by atoms with Crippen LogP contribution in [0.3, 0.4) is 0 Å². The zero-order valence-corrected chi connectivity index (χ0v) is 10.0. The van der Waals surface area contributed by atoms with Crippen LogP contribution in [0, 0.1) is 10.1 Å². The molecular formula is C12H14N2O4. The van der Waals surface area contributed by atoms with Crippen LogP contribution in [0.25, 0.3) is 0 Å². The Balaban J connectivity index is 2.03. The van der Waals surface area contributed by atoms with E-state index in [1.165, 1.54) is 7.11 Å². The molecule has 2 aliphatic rings. The Kier molecular flexibility index (Phi) is 2.49. The number of nitrogens with zero attached hydrogens (tertiary/aromatic N) is 1. The summed E-state index contributed by atoms with van der Waals surface area (Å²) in [6.45, 7) is 1.38. The largest absolute Gasteiger partial charge is 0.490 e. The van der Waals surface area contributed by atoms with Gasteiger partial charge in [-0.1, -0.05) is 6.07 Å². The predicted molar refractivity (Wildman–Crippen MR) is 63.7 cm³/mol. The third-order valence-electron chi connectivity index (χ3n) is 3.71. The molecule has 6 heteroatoms. The van der Waals surface area contributed by atoms with Crippen LogP contribution in [0.15, 0.2) is 18.2 Å². The van der Waals surface area contributed by atoms with Crippen molar-refractivity contribution in [2.75, 3.05) is 20.3 Å². The highest BCUT2D eigenvalue weighted by Gasteiger charge is 2.48. The van der Waals surface area contributed by atoms with Crippen molar-refractivity contribution in [2.45, 2.75) is 18.1 Å². The molecule has 2 aliphatic heterocycles. The van der Waals surface area contributed by atoms with Gasteiger partial charge in [0.2, 0.25) is 0 Å². The van der Waals surface area contributed by atoms with Gasteiger partial charge in [0.1, 0.15) is 5.60 Å². The molecule has 3 rings (SSSR count). The van der Waals surface area contributed by atoms with Crippen LogP contribution < -0.4 is 10.1 Å². The first-order valence-corrected chi connectivity index (χ1v) is 5.85. The lowest BCUT2D eigenvalue weighted by Crippen LogP contribution is -2.37. The molecule has 0 amide bonds. The van der Waals surface area contributed by atoms with Crippen LogP contribution in [0.1, 0.15) is 12.0 Å². The smallest absolute Gasteiger partial charge is 0.311 e. The summed E-state index contributed by atoms with van der Waals surface area (Å²) in [7, 11) is 1.43. The Morgan fingerprint density at radius 2 is 2.44 bits per heavy atom. The van der Waals surface area contributed by atoms with E-state index in [-0.39, 0.29) is 11.4 Å². The maximum absolute atomic E-state index is 11.0. The highest BCUT2D eigenvalue weighted by Crippen LogP contribution is 2.42. The zero-order valence-electron chi connectivity index (χ0n) is 10.0. The molecule has 6 nitrogen and oxygen atoms in total. The number of hydrogen-bond acceptors (Lipinski definition) is 5. The Labute approximate surface area is 104 Å². The average Bonchev–Trinajstić information content (AvgIpc) is 2.99. The van der Waals surface area contributed by atoms with Gasteiger partial charge in [0.05, 0.1) is 18.6 Å². The quantitative estimate of drug-likeness (QED) is 0.644. The van der Waals surface area contributed by atoms with Gasteiger partial charge in [-0.2, -0.15) is 0 Å². The Morgan fingerprint density at radius 1 is 1.61 bits per heavy atom. The van der Waals surface area contributed by atoms with E-state index in [1.54, 1.807) is 12.1 Å². The molecular weight excluding hydrogens is 236 g/mol. The highest BCUT2D eigenvalue weighted by atomic mass is 16.6. The molecule has 96 valence electrons. The molecule has 0 radical (unpaired) electrons. The molecule has 2 atom stereocenters. The van der Waals surface area contributed by atoms with E-state index in [0.29, 0.717) is 19.2 Å². The number of nitro benzene ring substituents is 1. The molecule has 2 fully saturated rings. The van der Waals surface area contributed by atoms with Crippen LogP contribution in [0.2, 0.25) is 0 Å². The third kappa shape index (κ3) is 1.57. The maximum atomic E-state index is 11.0. The summed E-state index contributed by atoms with van der Waals surface area (Å²) < 4.78 is 10.8. The zero-order chi connectivity index (χ0) is 12.8. The van der Waals surface area contributed by atoms with Crippen molar-refractivity contribution >= 4 is 5.69 Å². The number of hydrogen-bond donors (Lipinski definition) is 1. The topological polar surface area (TPSA) is 73.6 Å². The normalized spacial score (nSPS) is 29.5. The number of ether oxygens (including phenoxy) is 2. The molecule has 2 heterocycles. The van der Waals surface area contributed by atoms with E-state index in [1.807, 2.05) is 6.07 Å². The molecule has 2 bridgehead atoms. The molecule has 0 spiro atoms. The number of nitrogens with one attached hydrogen (secondary N) is 1. The maximum Gasteiger partial charge on any atom is 0.311 e. The van der Waals surface area contributed by atoms with Crippen LogP contribution in [0.5, 0.6) is 5.75 Å². The van der Waals surface area contributed by atoms with Crippen molar-refractivity contribution in [3.8, 4) is 5.75 Å². The molecule has 0 aromatic heterocycles. The second kappa shape index (κ2) is 3.93. The summed E-state index contributed by atoms with van der Waals surface area (Å²) >= 11 is 0. The Bertz CT molecular complexity index is 495. The molecule has 18 heavy (non-hydrogen) atoms. The summed E-state index contributed by atoms with van der Waals surface area (Å²) in [6, 6.07) is 5.42. The van der Waals surface area contributed by atoms with E-state index in [9.17, 15) is 10.1 Å². The minimum Gasteiger partial charge on any atom is -0.490 e. The van der Waals surface area contributed by atoms with Gasteiger partial charge >= 0.3 is 5.69 Å². The van der Waals surface area contributed by atoms with Crippen molar-refractivity contribution in [1.82, 2.24) is 5.32 Å². The Morgan fingerprint density at radius 3 is 2.94 bits per heavy atom. The fraction of sp³-hybridized carbons (Fsp3) is 0.500. The van der Waals surface area contributed by atoms with E-state index < -0.39 is 10.5 Å². The van der Waals surface area contributed by atoms with Gasteiger partial charge in [-0.25, -0.2) is 0 Å². The summed E-state index contributed by atoms with van der Waals surface area (Å²) in [4.78, 5) is 10.6. The number of rotatable bonds is 3. The van der Waals surface area contributed by atoms with Gasteiger partial charge < -0.3 is 14.8 Å². The monoisotopic (exact) mass is 250 g/mol. The van der Waals surface area contributed by atoms with Crippen molar-refractivity contribution < 1.29 is 14.4 Å². The van der Waals surface area contributed by atoms with Crippen LogP contribution >= 0.6 is 0 Å². The summed E-state index contributed by atoms with van der Waals surface area (Å²) in [5.41, 5.74) is 0.438. The number of methoxy groups -OCH3 is 1. The first-order chi connectivity index (χ1) is 8.64. The van der Waals surface area contributed by atoms with E-state index in [2.05, 4.69) is 5.32 Å².